The minimum atomic E-state index is -2.66. The second-order valence-corrected chi connectivity index (χ2v) is 14.9. The predicted octanol–water partition coefficient (Wildman–Crippen LogP) is 7.50. The van der Waals surface area contributed by atoms with E-state index in [9.17, 15) is 34.8 Å². The molecule has 0 bridgehead atoms. The lowest BCUT2D eigenvalue weighted by Crippen LogP contribution is -2.71. The highest BCUT2D eigenvalue weighted by molar-refractivity contribution is 6.25. The monoisotopic (exact) mass is 636 g/mol. The van der Waals surface area contributed by atoms with Crippen molar-refractivity contribution in [2.45, 2.75) is 79.8 Å². The molecular weight excluding hydrogens is 592 g/mol. The Hall–Kier alpha value is -4.23. The number of fused-ring (bicyclic) bond motifs is 3. The zero-order chi connectivity index (χ0) is 34.5. The molecule has 0 saturated heterocycles. The number of hydrogen-bond acceptors (Lipinski definition) is 7. The van der Waals surface area contributed by atoms with E-state index in [4.69, 9.17) is 0 Å². The average molecular weight is 637 g/mol. The lowest BCUT2D eigenvalue weighted by molar-refractivity contribution is -0.189. The number of aliphatic hydroxyl groups excluding tert-OH is 2. The van der Waals surface area contributed by atoms with Crippen LogP contribution in [0.4, 0.5) is 0 Å². The van der Waals surface area contributed by atoms with Gasteiger partial charge in [-0.05, 0) is 66.7 Å². The Bertz CT molecular complexity index is 1890. The van der Waals surface area contributed by atoms with Crippen LogP contribution in [0.15, 0.2) is 82.4 Å². The highest BCUT2D eigenvalue weighted by Crippen LogP contribution is 2.70. The summed E-state index contributed by atoms with van der Waals surface area (Å²) in [4.78, 5) is 41.4. The van der Waals surface area contributed by atoms with Crippen LogP contribution in [-0.4, -0.2) is 43.4 Å². The molecule has 246 valence electrons. The number of carbonyl (C=O) groups excluding carboxylic acids is 3. The van der Waals surface area contributed by atoms with Crippen molar-refractivity contribution in [1.29, 1.82) is 0 Å². The average Bonchev–Trinajstić information content (AvgIpc) is 3.38. The molecule has 0 aliphatic heterocycles. The maximum atomic E-state index is 14.6. The van der Waals surface area contributed by atoms with Crippen molar-refractivity contribution >= 4 is 22.9 Å². The van der Waals surface area contributed by atoms with Gasteiger partial charge in [0.25, 0.3) is 0 Å². The largest absolute Gasteiger partial charge is 0.511 e. The Morgan fingerprint density at radius 3 is 2.23 bits per heavy atom. The standard InChI is InChI=1S/C40H44O7/c1-19(2)31-34(43)29(22(5)41)36(45)40(47)37(46)32-35(44)30-27(21(4)38(32,7)23(6)39(31,40)8)15-14-26(33(30)42)17-24-16-20(3)28(18-24)25-12-10-9-11-13-25/h9-15,18-19,21,23,31,42-43,46-47H,16-17H2,1-8H3/t21-,23-,31?,38-,39-,40+/m1/s1. The van der Waals surface area contributed by atoms with Crippen molar-refractivity contribution < 1.29 is 34.8 Å². The number of allylic oxidation sites excluding steroid dienone is 6. The number of rotatable bonds is 5. The SMILES string of the molecule is CC(=O)C1=C(O)C(C(C)C)[C@@]2(C)[C@H](C)[C@]3(C)C(=C(O)[C@@]2(O)C1=O)C(=O)c1c(ccc(CC2=CC(c4ccccc4)=C(C)C2)c1O)[C@H]3C. The van der Waals surface area contributed by atoms with Crippen LogP contribution in [0.1, 0.15) is 94.8 Å². The van der Waals surface area contributed by atoms with Crippen LogP contribution in [0.5, 0.6) is 5.75 Å². The molecule has 7 heteroatoms. The fourth-order valence-electron chi connectivity index (χ4n) is 9.68. The maximum Gasteiger partial charge on any atom is 0.209 e. The topological polar surface area (TPSA) is 132 Å². The van der Waals surface area contributed by atoms with Crippen LogP contribution >= 0.6 is 0 Å². The summed E-state index contributed by atoms with van der Waals surface area (Å²) in [6.45, 7) is 14.1. The molecule has 2 aromatic carbocycles. The maximum absolute atomic E-state index is 14.6. The minimum absolute atomic E-state index is 0.0498. The summed E-state index contributed by atoms with van der Waals surface area (Å²) in [5, 5.41) is 47.8. The number of aromatic hydroxyl groups is 1. The Morgan fingerprint density at radius 1 is 1.00 bits per heavy atom. The van der Waals surface area contributed by atoms with Crippen molar-refractivity contribution in [2.75, 3.05) is 0 Å². The first-order chi connectivity index (χ1) is 21.9. The molecule has 6 atom stereocenters. The van der Waals surface area contributed by atoms with Crippen molar-refractivity contribution in [3.05, 3.63) is 105 Å². The van der Waals surface area contributed by atoms with Crippen LogP contribution in [-0.2, 0) is 16.0 Å². The molecule has 4 aliphatic carbocycles. The van der Waals surface area contributed by atoms with Crippen LogP contribution in [0.25, 0.3) is 5.57 Å². The van der Waals surface area contributed by atoms with Gasteiger partial charge in [0.15, 0.2) is 17.2 Å². The van der Waals surface area contributed by atoms with Gasteiger partial charge >= 0.3 is 0 Å². The van der Waals surface area contributed by atoms with Crippen LogP contribution < -0.4 is 0 Å². The summed E-state index contributed by atoms with van der Waals surface area (Å²) >= 11 is 0. The number of aliphatic hydroxyl groups is 3. The quantitative estimate of drug-likeness (QED) is 0.250. The first-order valence-corrected chi connectivity index (χ1v) is 16.4. The summed E-state index contributed by atoms with van der Waals surface area (Å²) in [5.74, 6) is -6.19. The molecule has 2 aromatic rings. The smallest absolute Gasteiger partial charge is 0.209 e. The number of phenolic OH excluding ortho intramolecular Hbond substituents is 1. The van der Waals surface area contributed by atoms with Crippen LogP contribution in [0, 0.1) is 28.6 Å². The molecule has 0 heterocycles. The van der Waals surface area contributed by atoms with Crippen LogP contribution in [0.2, 0.25) is 0 Å². The zero-order valence-electron chi connectivity index (χ0n) is 28.4. The molecule has 0 fully saturated rings. The molecule has 0 radical (unpaired) electrons. The summed E-state index contributed by atoms with van der Waals surface area (Å²) in [6.07, 6.45) is 3.28. The second kappa shape index (κ2) is 10.6. The Labute approximate surface area is 276 Å². The molecule has 1 unspecified atom stereocenters. The molecule has 0 saturated carbocycles. The molecule has 7 nitrogen and oxygen atoms in total. The van der Waals surface area contributed by atoms with E-state index in [1.165, 1.54) is 5.57 Å². The van der Waals surface area contributed by atoms with E-state index in [2.05, 4.69) is 25.1 Å². The summed E-state index contributed by atoms with van der Waals surface area (Å²) in [6, 6.07) is 13.8. The molecule has 4 N–H and O–H groups in total. The Kier molecular flexibility index (Phi) is 7.40. The molecule has 47 heavy (non-hydrogen) atoms. The van der Waals surface area contributed by atoms with E-state index < -0.39 is 68.6 Å². The second-order valence-electron chi connectivity index (χ2n) is 14.9. The lowest BCUT2D eigenvalue weighted by Gasteiger charge is -2.64. The summed E-state index contributed by atoms with van der Waals surface area (Å²) < 4.78 is 0. The van der Waals surface area contributed by atoms with Gasteiger partial charge in [0, 0.05) is 22.3 Å². The highest BCUT2D eigenvalue weighted by atomic mass is 16.3. The van der Waals surface area contributed by atoms with Gasteiger partial charge < -0.3 is 20.4 Å². The molecular formula is C40H44O7. The molecule has 0 aromatic heterocycles. The predicted molar refractivity (Wildman–Crippen MR) is 180 cm³/mol. The molecule has 0 spiro atoms. The first-order valence-electron chi connectivity index (χ1n) is 16.4. The van der Waals surface area contributed by atoms with E-state index in [0.29, 0.717) is 17.5 Å². The van der Waals surface area contributed by atoms with E-state index in [0.717, 1.165) is 30.1 Å². The molecule has 0 amide bonds. The third kappa shape index (κ3) is 4.05. The Morgan fingerprint density at radius 2 is 1.64 bits per heavy atom. The van der Waals surface area contributed by atoms with Gasteiger partial charge in [-0.3, -0.25) is 14.4 Å². The summed E-state index contributed by atoms with van der Waals surface area (Å²) in [5.41, 5.74) is -0.161. The Balaban J connectivity index is 1.50. The van der Waals surface area contributed by atoms with Gasteiger partial charge in [-0.25, -0.2) is 0 Å². The van der Waals surface area contributed by atoms with Crippen LogP contribution in [0.3, 0.4) is 0 Å². The van der Waals surface area contributed by atoms with Gasteiger partial charge in [0.05, 0.1) is 5.56 Å². The lowest BCUT2D eigenvalue weighted by atomic mass is 9.39. The third-order valence-corrected chi connectivity index (χ3v) is 12.4. The van der Waals surface area contributed by atoms with Crippen molar-refractivity contribution in [3.8, 4) is 5.75 Å². The number of benzene rings is 2. The number of carbonyl (C=O) groups is 3. The van der Waals surface area contributed by atoms with Crippen molar-refractivity contribution in [2.24, 2.45) is 28.6 Å². The van der Waals surface area contributed by atoms with E-state index in [1.807, 2.05) is 65.0 Å². The number of Topliss-reactive ketones (excluding diaryl/α,β-unsaturated/α-hetero) is 3. The number of hydrogen-bond donors (Lipinski definition) is 4. The molecule has 4 aliphatic rings. The van der Waals surface area contributed by atoms with E-state index in [-0.39, 0.29) is 22.8 Å². The van der Waals surface area contributed by atoms with Gasteiger partial charge in [-0.15, -0.1) is 0 Å². The van der Waals surface area contributed by atoms with Crippen molar-refractivity contribution in [1.82, 2.24) is 0 Å². The first kappa shape index (κ1) is 32.7. The highest BCUT2D eigenvalue weighted by Gasteiger charge is 2.74. The van der Waals surface area contributed by atoms with Gasteiger partial charge in [-0.1, -0.05) is 101 Å². The molecule has 6 rings (SSSR count). The fraction of sp³-hybridized carbons (Fsp3) is 0.425. The van der Waals surface area contributed by atoms with E-state index >= 15 is 0 Å². The third-order valence-electron chi connectivity index (χ3n) is 12.4. The number of phenols is 1. The van der Waals surface area contributed by atoms with E-state index in [1.54, 1.807) is 6.92 Å². The van der Waals surface area contributed by atoms with Gasteiger partial charge in [0.1, 0.15) is 22.8 Å². The fourth-order valence-corrected chi connectivity index (χ4v) is 9.68. The minimum Gasteiger partial charge on any atom is -0.511 e. The normalized spacial score (nSPS) is 32.0. The van der Waals surface area contributed by atoms with Gasteiger partial charge in [0.2, 0.25) is 5.78 Å². The van der Waals surface area contributed by atoms with Gasteiger partial charge in [-0.2, -0.15) is 0 Å². The number of ketones is 3. The van der Waals surface area contributed by atoms with Crippen molar-refractivity contribution in [3.63, 3.8) is 0 Å². The zero-order valence-corrected chi connectivity index (χ0v) is 28.4. The summed E-state index contributed by atoms with van der Waals surface area (Å²) in [7, 11) is 0.